The molecular weight excluding hydrogens is 446 g/mol. The number of piperidine rings is 1. The topological polar surface area (TPSA) is 127 Å². The van der Waals surface area contributed by atoms with Crippen LogP contribution in [0.2, 0.25) is 0 Å². The second kappa shape index (κ2) is 9.80. The van der Waals surface area contributed by atoms with Crippen LogP contribution >= 0.6 is 0 Å². The first-order valence-electron chi connectivity index (χ1n) is 11.0. The number of rotatable bonds is 6. The number of nitriles is 1. The number of aryl methyl sites for hydroxylation is 2. The van der Waals surface area contributed by atoms with Crippen LogP contribution in [0.4, 0.5) is 5.82 Å². The lowest BCUT2D eigenvalue weighted by Crippen LogP contribution is -2.41. The highest BCUT2D eigenvalue weighted by Crippen LogP contribution is 2.34. The molecule has 2 aromatic rings. The lowest BCUT2D eigenvalue weighted by Gasteiger charge is -2.30. The number of fused-ring (bicyclic) bond motifs is 1. The Hall–Kier alpha value is -3.10. The fourth-order valence-electron chi connectivity index (χ4n) is 4.01. The molecule has 11 heteroatoms. The fraction of sp³-hybridized carbons (Fsp3) is 0.500. The standard InChI is InChI=1S/C22H27N5O5S/c1-16-14-21(27(25-16)9-2-8-23)24-22(28)17-6-10-26(11-7-17)33(29,30)18-4-5-19-20(15-18)32-13-3-12-31-19/h4-5,14-15,17H,2-3,6-7,9-13H2,1H3,(H,24,28). The number of aromatic nitrogens is 2. The molecule has 10 nitrogen and oxygen atoms in total. The first-order chi connectivity index (χ1) is 15.9. The highest BCUT2D eigenvalue weighted by molar-refractivity contribution is 7.89. The number of sulfonamides is 1. The molecule has 1 amide bonds. The van der Waals surface area contributed by atoms with Crippen LogP contribution in [0.15, 0.2) is 29.2 Å². The third-order valence-corrected chi connectivity index (χ3v) is 7.66. The highest BCUT2D eigenvalue weighted by atomic mass is 32.2. The van der Waals surface area contributed by atoms with E-state index in [4.69, 9.17) is 14.7 Å². The molecule has 0 saturated carbocycles. The maximum absolute atomic E-state index is 13.2. The maximum atomic E-state index is 13.2. The third-order valence-electron chi connectivity index (χ3n) is 5.77. The Morgan fingerprint density at radius 1 is 1.21 bits per heavy atom. The average molecular weight is 474 g/mol. The van der Waals surface area contributed by atoms with E-state index >= 15 is 0 Å². The number of amides is 1. The molecular formula is C22H27N5O5S. The van der Waals surface area contributed by atoms with E-state index in [-0.39, 0.29) is 29.8 Å². The molecule has 1 aromatic carbocycles. The van der Waals surface area contributed by atoms with Crippen molar-refractivity contribution in [1.82, 2.24) is 14.1 Å². The van der Waals surface area contributed by atoms with Gasteiger partial charge in [-0.15, -0.1) is 0 Å². The summed E-state index contributed by atoms with van der Waals surface area (Å²) in [7, 11) is -3.71. The van der Waals surface area contributed by atoms with Crippen LogP contribution in [0.5, 0.6) is 11.5 Å². The molecule has 0 atom stereocenters. The molecule has 33 heavy (non-hydrogen) atoms. The fourth-order valence-corrected chi connectivity index (χ4v) is 5.50. The summed E-state index contributed by atoms with van der Waals surface area (Å²) in [4.78, 5) is 13.0. The van der Waals surface area contributed by atoms with Crippen LogP contribution in [0.1, 0.15) is 31.4 Å². The SMILES string of the molecule is Cc1cc(NC(=O)C2CCN(S(=O)(=O)c3ccc4c(c3)OCCCO4)CC2)n(CCC#N)n1. The monoisotopic (exact) mass is 473 g/mol. The van der Waals surface area contributed by atoms with Crippen LogP contribution < -0.4 is 14.8 Å². The van der Waals surface area contributed by atoms with Gasteiger partial charge in [-0.05, 0) is 31.9 Å². The summed E-state index contributed by atoms with van der Waals surface area (Å²) in [6.07, 6.45) is 1.87. The summed E-state index contributed by atoms with van der Waals surface area (Å²) in [5.41, 5.74) is 0.749. The minimum atomic E-state index is -3.71. The van der Waals surface area contributed by atoms with Crippen molar-refractivity contribution in [1.29, 1.82) is 5.26 Å². The second-order valence-corrected chi connectivity index (χ2v) is 10.1. The minimum Gasteiger partial charge on any atom is -0.490 e. The normalized spacial score (nSPS) is 17.2. The molecule has 176 valence electrons. The Morgan fingerprint density at radius 2 is 1.94 bits per heavy atom. The lowest BCUT2D eigenvalue weighted by molar-refractivity contribution is -0.121. The van der Waals surface area contributed by atoms with Crippen LogP contribution in [-0.2, 0) is 21.4 Å². The van der Waals surface area contributed by atoms with E-state index in [1.54, 1.807) is 16.8 Å². The molecule has 0 unspecified atom stereocenters. The minimum absolute atomic E-state index is 0.159. The average Bonchev–Trinajstić information content (AvgIpc) is 3.00. The van der Waals surface area contributed by atoms with E-state index in [2.05, 4.69) is 16.5 Å². The van der Waals surface area contributed by atoms with Gasteiger partial charge in [0.25, 0.3) is 0 Å². The zero-order chi connectivity index (χ0) is 23.4. The number of ether oxygens (including phenoxy) is 2. The van der Waals surface area contributed by atoms with Crippen molar-refractivity contribution in [2.45, 2.75) is 44.0 Å². The van der Waals surface area contributed by atoms with Crippen LogP contribution in [-0.4, -0.2) is 54.7 Å². The summed E-state index contributed by atoms with van der Waals surface area (Å²) in [5.74, 6) is 1.06. The molecule has 2 aliphatic heterocycles. The Labute approximate surface area is 193 Å². The van der Waals surface area contributed by atoms with Crippen LogP contribution in [0, 0.1) is 24.2 Å². The maximum Gasteiger partial charge on any atom is 0.243 e. The van der Waals surface area contributed by atoms with Gasteiger partial charge in [-0.25, -0.2) is 13.1 Å². The molecule has 3 heterocycles. The summed E-state index contributed by atoms with van der Waals surface area (Å²) >= 11 is 0. The number of carbonyl (C=O) groups excluding carboxylic acids is 1. The molecule has 0 radical (unpaired) electrons. The lowest BCUT2D eigenvalue weighted by atomic mass is 9.97. The molecule has 4 rings (SSSR count). The van der Waals surface area contributed by atoms with E-state index < -0.39 is 10.0 Å². The van der Waals surface area contributed by atoms with Crippen LogP contribution in [0.3, 0.4) is 0 Å². The third kappa shape index (κ3) is 5.12. The molecule has 2 aliphatic rings. The van der Waals surface area contributed by atoms with Gasteiger partial charge in [-0.1, -0.05) is 0 Å². The Bertz CT molecular complexity index is 1160. The Morgan fingerprint density at radius 3 is 2.67 bits per heavy atom. The van der Waals surface area contributed by atoms with E-state index in [0.717, 1.165) is 12.1 Å². The molecule has 0 aliphatic carbocycles. The van der Waals surface area contributed by atoms with Gasteiger partial charge in [0.05, 0.1) is 42.8 Å². The largest absolute Gasteiger partial charge is 0.490 e. The molecule has 1 N–H and O–H groups in total. The Kier molecular flexibility index (Phi) is 6.85. The second-order valence-electron chi connectivity index (χ2n) is 8.13. The number of carbonyl (C=O) groups is 1. The van der Waals surface area contributed by atoms with Gasteiger partial charge in [-0.3, -0.25) is 4.79 Å². The van der Waals surface area contributed by atoms with Gasteiger partial charge in [0.15, 0.2) is 11.5 Å². The van der Waals surface area contributed by atoms with E-state index in [9.17, 15) is 13.2 Å². The number of hydrogen-bond donors (Lipinski definition) is 1. The predicted octanol–water partition coefficient (Wildman–Crippen LogP) is 2.31. The number of hydrogen-bond acceptors (Lipinski definition) is 7. The first kappa shape index (κ1) is 23.1. The van der Waals surface area contributed by atoms with Gasteiger partial charge in [-0.2, -0.15) is 14.7 Å². The zero-order valence-corrected chi connectivity index (χ0v) is 19.3. The van der Waals surface area contributed by atoms with Gasteiger partial charge >= 0.3 is 0 Å². The van der Waals surface area contributed by atoms with Crippen molar-refractivity contribution < 1.29 is 22.7 Å². The molecule has 0 bridgehead atoms. The van der Waals surface area contributed by atoms with Crippen molar-refractivity contribution in [3.05, 3.63) is 30.0 Å². The zero-order valence-electron chi connectivity index (χ0n) is 18.5. The summed E-state index contributed by atoms with van der Waals surface area (Å²) < 4.78 is 40.6. The van der Waals surface area contributed by atoms with Gasteiger partial charge in [0, 0.05) is 37.6 Å². The number of nitrogens with zero attached hydrogens (tertiary/aromatic N) is 4. The smallest absolute Gasteiger partial charge is 0.243 e. The Balaban J connectivity index is 1.39. The van der Waals surface area contributed by atoms with Gasteiger partial charge in [0.1, 0.15) is 5.82 Å². The molecule has 1 fully saturated rings. The number of nitrogens with one attached hydrogen (secondary N) is 1. The van der Waals surface area contributed by atoms with Crippen molar-refractivity contribution in [3.8, 4) is 17.6 Å². The quantitative estimate of drug-likeness (QED) is 0.682. The van der Waals surface area contributed by atoms with E-state index in [0.29, 0.717) is 56.3 Å². The van der Waals surface area contributed by atoms with Crippen molar-refractivity contribution in [3.63, 3.8) is 0 Å². The van der Waals surface area contributed by atoms with Crippen molar-refractivity contribution in [2.24, 2.45) is 5.92 Å². The van der Waals surface area contributed by atoms with Gasteiger partial charge < -0.3 is 14.8 Å². The van der Waals surface area contributed by atoms with Crippen molar-refractivity contribution >= 4 is 21.7 Å². The van der Waals surface area contributed by atoms with E-state index in [1.807, 2.05) is 6.92 Å². The molecule has 0 spiro atoms. The summed E-state index contributed by atoms with van der Waals surface area (Å²) in [5, 5.41) is 16.0. The first-order valence-corrected chi connectivity index (χ1v) is 12.4. The predicted molar refractivity (Wildman–Crippen MR) is 119 cm³/mol. The van der Waals surface area contributed by atoms with Crippen LogP contribution in [0.25, 0.3) is 0 Å². The molecule has 1 saturated heterocycles. The number of benzene rings is 1. The number of anilines is 1. The van der Waals surface area contributed by atoms with Crippen molar-refractivity contribution in [2.75, 3.05) is 31.6 Å². The highest BCUT2D eigenvalue weighted by Gasteiger charge is 2.33. The summed E-state index contributed by atoms with van der Waals surface area (Å²) in [6.45, 7) is 3.73. The van der Waals surface area contributed by atoms with Gasteiger partial charge in [0.2, 0.25) is 15.9 Å². The van der Waals surface area contributed by atoms with E-state index in [1.165, 1.54) is 16.4 Å². The molecule has 1 aromatic heterocycles. The summed E-state index contributed by atoms with van der Waals surface area (Å²) in [6, 6.07) is 8.51.